The van der Waals surface area contributed by atoms with Crippen LogP contribution in [0.5, 0.6) is 0 Å². The topological polar surface area (TPSA) is 93.5 Å². The van der Waals surface area contributed by atoms with Crippen molar-refractivity contribution in [1.82, 2.24) is 0 Å². The van der Waals surface area contributed by atoms with Crippen molar-refractivity contribution in [3.63, 3.8) is 0 Å². The maximum atomic E-state index is 12.1. The summed E-state index contributed by atoms with van der Waals surface area (Å²) in [7, 11) is 1.46. The Morgan fingerprint density at radius 3 is 2.32 bits per heavy atom. The van der Waals surface area contributed by atoms with E-state index in [0.29, 0.717) is 17.1 Å². The van der Waals surface area contributed by atoms with Crippen molar-refractivity contribution in [1.29, 1.82) is 0 Å². The molecule has 0 heterocycles. The lowest BCUT2D eigenvalue weighted by molar-refractivity contribution is -0.119. The number of aryl methyl sites for hydroxylation is 1. The highest BCUT2D eigenvalue weighted by atomic mass is 35.5. The van der Waals surface area contributed by atoms with Gasteiger partial charge in [0.2, 0.25) is 11.8 Å². The van der Waals surface area contributed by atoms with Crippen LogP contribution in [0.3, 0.4) is 0 Å². The number of hydrogen-bond donors (Lipinski definition) is 3. The van der Waals surface area contributed by atoms with E-state index < -0.39 is 0 Å². The lowest BCUT2D eigenvalue weighted by atomic mass is 10.1. The average molecular weight is 364 g/mol. The number of nitrogens with two attached hydrogens (primary N) is 1. The fourth-order valence-corrected chi connectivity index (χ4v) is 2.23. The number of amides is 2. The van der Waals surface area contributed by atoms with Gasteiger partial charge in [-0.3, -0.25) is 9.59 Å². The molecule has 0 saturated heterocycles. The van der Waals surface area contributed by atoms with E-state index in [4.69, 9.17) is 10.5 Å². The maximum absolute atomic E-state index is 12.1. The Labute approximate surface area is 153 Å². The molecule has 0 saturated carbocycles. The van der Waals surface area contributed by atoms with Gasteiger partial charge in [-0.05, 0) is 48.4 Å². The molecule has 0 radical (unpaired) electrons. The lowest BCUT2D eigenvalue weighted by Crippen LogP contribution is -2.18. The molecule has 134 valence electrons. The van der Waals surface area contributed by atoms with Gasteiger partial charge in [-0.15, -0.1) is 12.4 Å². The zero-order valence-electron chi connectivity index (χ0n) is 14.2. The summed E-state index contributed by atoms with van der Waals surface area (Å²) in [5.74, 6) is -0.337. The Bertz CT molecular complexity index is 733. The van der Waals surface area contributed by atoms with Crippen molar-refractivity contribution >= 4 is 41.3 Å². The molecule has 0 aliphatic rings. The number of halogens is 1. The molecule has 0 atom stereocenters. The van der Waals surface area contributed by atoms with Crippen LogP contribution in [0.1, 0.15) is 11.1 Å². The Kier molecular flexibility index (Phi) is 7.91. The Morgan fingerprint density at radius 1 is 1.04 bits per heavy atom. The third kappa shape index (κ3) is 6.45. The largest absolute Gasteiger partial charge is 0.399 e. The summed E-state index contributed by atoms with van der Waals surface area (Å²) in [5, 5.41) is 5.59. The van der Waals surface area contributed by atoms with Crippen LogP contribution in [-0.4, -0.2) is 25.5 Å². The highest BCUT2D eigenvalue weighted by Crippen LogP contribution is 2.20. The van der Waals surface area contributed by atoms with Crippen LogP contribution >= 0.6 is 12.4 Å². The molecule has 0 spiro atoms. The van der Waals surface area contributed by atoms with E-state index in [-0.39, 0.29) is 37.2 Å². The molecule has 7 heteroatoms. The van der Waals surface area contributed by atoms with Gasteiger partial charge in [-0.1, -0.05) is 12.1 Å². The summed E-state index contributed by atoms with van der Waals surface area (Å²) in [6.45, 7) is 1.86. The van der Waals surface area contributed by atoms with Gasteiger partial charge in [0.25, 0.3) is 0 Å². The van der Waals surface area contributed by atoms with Crippen LogP contribution in [0.2, 0.25) is 0 Å². The number of anilines is 3. The fraction of sp³-hybridized carbons (Fsp3) is 0.222. The van der Waals surface area contributed by atoms with Gasteiger partial charge in [0.1, 0.15) is 6.61 Å². The number of carbonyl (C=O) groups is 2. The molecule has 2 rings (SSSR count). The maximum Gasteiger partial charge on any atom is 0.250 e. The van der Waals surface area contributed by atoms with E-state index in [0.717, 1.165) is 11.1 Å². The molecular formula is C18H22ClN3O3. The predicted octanol–water partition coefficient (Wildman–Crippen LogP) is 2.77. The van der Waals surface area contributed by atoms with E-state index in [1.165, 1.54) is 7.11 Å². The van der Waals surface area contributed by atoms with Crippen molar-refractivity contribution < 1.29 is 14.3 Å². The predicted molar refractivity (Wildman–Crippen MR) is 102 cm³/mol. The first kappa shape index (κ1) is 20.5. The first-order valence-electron chi connectivity index (χ1n) is 7.51. The van der Waals surface area contributed by atoms with Gasteiger partial charge in [0.15, 0.2) is 0 Å². The number of ether oxygens (including phenoxy) is 1. The summed E-state index contributed by atoms with van der Waals surface area (Å²) in [6.07, 6.45) is 0.269. The zero-order valence-corrected chi connectivity index (χ0v) is 15.0. The van der Waals surface area contributed by atoms with Gasteiger partial charge in [-0.2, -0.15) is 0 Å². The SMILES string of the molecule is COCC(=O)Nc1ccc(NC(=O)Cc2ccc(N)cc2)cc1C.Cl. The molecule has 4 N–H and O–H groups in total. The number of hydrogen-bond acceptors (Lipinski definition) is 4. The molecular weight excluding hydrogens is 342 g/mol. The molecule has 2 aromatic carbocycles. The summed E-state index contributed by atoms with van der Waals surface area (Å²) in [4.78, 5) is 23.6. The van der Waals surface area contributed by atoms with Crippen LogP contribution < -0.4 is 16.4 Å². The molecule has 0 unspecified atom stereocenters. The number of methoxy groups -OCH3 is 1. The molecule has 0 aliphatic carbocycles. The molecule has 25 heavy (non-hydrogen) atoms. The minimum absolute atomic E-state index is 0. The number of nitrogen functional groups attached to an aromatic ring is 1. The highest BCUT2D eigenvalue weighted by Gasteiger charge is 2.08. The molecule has 0 bridgehead atoms. The standard InChI is InChI=1S/C18H21N3O3.ClH/c1-12-9-15(7-8-16(12)21-18(23)11-24-2)20-17(22)10-13-3-5-14(19)6-4-13;/h3-9H,10-11,19H2,1-2H3,(H,20,22)(H,21,23);1H. The van der Waals surface area contributed by atoms with E-state index in [1.807, 2.05) is 25.1 Å². The van der Waals surface area contributed by atoms with Gasteiger partial charge < -0.3 is 21.1 Å². The average Bonchev–Trinajstić information content (AvgIpc) is 2.52. The number of nitrogens with one attached hydrogen (secondary N) is 2. The summed E-state index contributed by atoms with van der Waals surface area (Å²) in [5.41, 5.74) is 9.40. The van der Waals surface area contributed by atoms with Crippen molar-refractivity contribution in [3.8, 4) is 0 Å². The van der Waals surface area contributed by atoms with Crippen LogP contribution in [0.15, 0.2) is 42.5 Å². The second kappa shape index (κ2) is 9.66. The number of carbonyl (C=O) groups excluding carboxylic acids is 2. The molecule has 0 aliphatic heterocycles. The summed E-state index contributed by atoms with van der Waals surface area (Å²) < 4.78 is 4.78. The number of benzene rings is 2. The Hall–Kier alpha value is -2.57. The monoisotopic (exact) mass is 363 g/mol. The van der Waals surface area contributed by atoms with Crippen molar-refractivity contribution in [2.24, 2.45) is 0 Å². The van der Waals surface area contributed by atoms with Crippen molar-refractivity contribution in [2.75, 3.05) is 30.1 Å². The van der Waals surface area contributed by atoms with Crippen molar-refractivity contribution in [3.05, 3.63) is 53.6 Å². The van der Waals surface area contributed by atoms with Gasteiger partial charge in [0.05, 0.1) is 6.42 Å². The van der Waals surface area contributed by atoms with E-state index in [1.54, 1.807) is 24.3 Å². The fourth-order valence-electron chi connectivity index (χ4n) is 2.23. The molecule has 2 aromatic rings. The van der Waals surface area contributed by atoms with Gasteiger partial charge in [-0.25, -0.2) is 0 Å². The van der Waals surface area contributed by atoms with E-state index >= 15 is 0 Å². The van der Waals surface area contributed by atoms with Gasteiger partial charge >= 0.3 is 0 Å². The van der Waals surface area contributed by atoms with E-state index in [9.17, 15) is 9.59 Å². The molecule has 0 fully saturated rings. The van der Waals surface area contributed by atoms with E-state index in [2.05, 4.69) is 10.6 Å². The second-order valence-corrected chi connectivity index (χ2v) is 5.48. The first-order chi connectivity index (χ1) is 11.5. The van der Waals surface area contributed by atoms with Crippen molar-refractivity contribution in [2.45, 2.75) is 13.3 Å². The second-order valence-electron chi connectivity index (χ2n) is 5.48. The molecule has 2 amide bonds. The van der Waals surface area contributed by atoms with Crippen LogP contribution in [-0.2, 0) is 20.7 Å². The third-order valence-corrected chi connectivity index (χ3v) is 3.40. The zero-order chi connectivity index (χ0) is 17.5. The lowest BCUT2D eigenvalue weighted by Gasteiger charge is -2.11. The third-order valence-electron chi connectivity index (χ3n) is 3.40. The minimum atomic E-state index is -0.222. The molecule has 6 nitrogen and oxygen atoms in total. The Morgan fingerprint density at radius 2 is 1.72 bits per heavy atom. The quantitative estimate of drug-likeness (QED) is 0.688. The minimum Gasteiger partial charge on any atom is -0.399 e. The first-order valence-corrected chi connectivity index (χ1v) is 7.51. The smallest absolute Gasteiger partial charge is 0.250 e. The normalized spacial score (nSPS) is 9.84. The van der Waals surface area contributed by atoms with Crippen LogP contribution in [0, 0.1) is 6.92 Å². The van der Waals surface area contributed by atoms with Crippen LogP contribution in [0.25, 0.3) is 0 Å². The Balaban J connectivity index is 0.00000312. The van der Waals surface area contributed by atoms with Gasteiger partial charge in [0, 0.05) is 24.2 Å². The summed E-state index contributed by atoms with van der Waals surface area (Å²) >= 11 is 0. The summed E-state index contributed by atoms with van der Waals surface area (Å²) in [6, 6.07) is 12.5. The van der Waals surface area contributed by atoms with Crippen LogP contribution in [0.4, 0.5) is 17.1 Å². The number of rotatable bonds is 6. The molecule has 0 aromatic heterocycles. The highest BCUT2D eigenvalue weighted by molar-refractivity contribution is 5.94.